The Morgan fingerprint density at radius 1 is 1.32 bits per heavy atom. The Labute approximate surface area is 115 Å². The van der Waals surface area contributed by atoms with Gasteiger partial charge in [0.1, 0.15) is 0 Å². The third kappa shape index (κ3) is 3.27. The van der Waals surface area contributed by atoms with Crippen molar-refractivity contribution >= 4 is 5.91 Å². The highest BCUT2D eigenvalue weighted by Gasteiger charge is 2.32. The maximum absolute atomic E-state index is 12.1. The molecular formula is C14H25N3O2. The van der Waals surface area contributed by atoms with Gasteiger partial charge >= 0.3 is 0 Å². The minimum Gasteiger partial charge on any atom is -0.373 e. The van der Waals surface area contributed by atoms with Gasteiger partial charge in [-0.1, -0.05) is 0 Å². The lowest BCUT2D eigenvalue weighted by molar-refractivity contribution is -0.127. The number of ether oxygens (including phenoxy) is 1. The van der Waals surface area contributed by atoms with Crippen molar-refractivity contribution in [2.24, 2.45) is 5.92 Å². The van der Waals surface area contributed by atoms with Crippen LogP contribution in [0, 0.1) is 5.92 Å². The van der Waals surface area contributed by atoms with E-state index < -0.39 is 0 Å². The molecule has 2 N–H and O–H groups in total. The zero-order chi connectivity index (χ0) is 13.1. The van der Waals surface area contributed by atoms with Gasteiger partial charge in [-0.05, 0) is 45.3 Å². The Morgan fingerprint density at radius 3 is 3.00 bits per heavy atom. The number of rotatable bonds is 3. The predicted molar refractivity (Wildman–Crippen MR) is 72.9 cm³/mol. The van der Waals surface area contributed by atoms with Gasteiger partial charge in [0.05, 0.1) is 12.7 Å². The zero-order valence-corrected chi connectivity index (χ0v) is 11.6. The molecule has 0 aromatic rings. The van der Waals surface area contributed by atoms with E-state index in [0.29, 0.717) is 12.6 Å². The topological polar surface area (TPSA) is 53.6 Å². The highest BCUT2D eigenvalue weighted by molar-refractivity contribution is 5.78. The lowest BCUT2D eigenvalue weighted by Crippen LogP contribution is -2.51. The molecule has 5 heteroatoms. The van der Waals surface area contributed by atoms with Crippen LogP contribution in [0.4, 0.5) is 0 Å². The fraction of sp³-hybridized carbons (Fsp3) is 0.929. The van der Waals surface area contributed by atoms with E-state index in [1.54, 1.807) is 0 Å². The zero-order valence-electron chi connectivity index (χ0n) is 11.6. The van der Waals surface area contributed by atoms with E-state index in [9.17, 15) is 4.79 Å². The molecular weight excluding hydrogens is 242 g/mol. The van der Waals surface area contributed by atoms with Crippen molar-refractivity contribution in [3.8, 4) is 0 Å². The highest BCUT2D eigenvalue weighted by atomic mass is 16.5. The second-order valence-corrected chi connectivity index (χ2v) is 6.02. The number of morpholine rings is 1. The number of fused-ring (bicyclic) bond motifs is 1. The van der Waals surface area contributed by atoms with Gasteiger partial charge in [-0.2, -0.15) is 0 Å². The van der Waals surface area contributed by atoms with Crippen molar-refractivity contribution in [2.45, 2.75) is 37.8 Å². The van der Waals surface area contributed by atoms with Crippen LogP contribution in [0.25, 0.3) is 0 Å². The highest BCUT2D eigenvalue weighted by Crippen LogP contribution is 2.22. The Kier molecular flexibility index (Phi) is 4.35. The summed E-state index contributed by atoms with van der Waals surface area (Å²) < 4.78 is 5.86. The lowest BCUT2D eigenvalue weighted by Gasteiger charge is -2.35. The maximum atomic E-state index is 12.1. The molecule has 3 rings (SSSR count). The van der Waals surface area contributed by atoms with Crippen molar-refractivity contribution in [3.05, 3.63) is 0 Å². The monoisotopic (exact) mass is 267 g/mol. The van der Waals surface area contributed by atoms with E-state index in [-0.39, 0.29) is 17.9 Å². The number of nitrogens with zero attached hydrogens (tertiary/aromatic N) is 1. The van der Waals surface area contributed by atoms with Crippen LogP contribution in [0.5, 0.6) is 0 Å². The number of hydrogen-bond donors (Lipinski definition) is 2. The minimum atomic E-state index is 0.181. The standard InChI is InChI=1S/C14H25N3O2/c18-14(11-3-5-15-6-4-11)16-8-13-9-17-7-1-2-12(17)10-19-13/h11-13,15H,1-10H2,(H,16,18). The van der Waals surface area contributed by atoms with E-state index in [1.165, 1.54) is 19.4 Å². The molecule has 0 aliphatic carbocycles. The maximum Gasteiger partial charge on any atom is 0.223 e. The second-order valence-electron chi connectivity index (χ2n) is 6.02. The molecule has 2 atom stereocenters. The Morgan fingerprint density at radius 2 is 2.16 bits per heavy atom. The first kappa shape index (κ1) is 13.3. The average Bonchev–Trinajstić information content (AvgIpc) is 2.93. The summed E-state index contributed by atoms with van der Waals surface area (Å²) in [5, 5.41) is 6.37. The Bertz CT molecular complexity index is 318. The van der Waals surface area contributed by atoms with Crippen LogP contribution in [0.2, 0.25) is 0 Å². The molecule has 2 unspecified atom stereocenters. The van der Waals surface area contributed by atoms with Gasteiger partial charge in [0, 0.05) is 25.0 Å². The SMILES string of the molecule is O=C(NCC1CN2CCCC2CO1)C1CCNCC1. The molecule has 3 aliphatic heterocycles. The van der Waals surface area contributed by atoms with Gasteiger partial charge in [0.15, 0.2) is 0 Å². The summed E-state index contributed by atoms with van der Waals surface area (Å²) in [5.41, 5.74) is 0. The number of nitrogens with one attached hydrogen (secondary N) is 2. The van der Waals surface area contributed by atoms with Crippen LogP contribution < -0.4 is 10.6 Å². The number of piperidine rings is 1. The molecule has 108 valence electrons. The molecule has 0 aromatic heterocycles. The normalized spacial score (nSPS) is 33.1. The van der Waals surface area contributed by atoms with Crippen molar-refractivity contribution in [1.82, 2.24) is 15.5 Å². The first-order valence-electron chi connectivity index (χ1n) is 7.67. The molecule has 3 aliphatic rings. The van der Waals surface area contributed by atoms with Crippen LogP contribution in [-0.4, -0.2) is 62.3 Å². The molecule has 0 bridgehead atoms. The summed E-state index contributed by atoms with van der Waals surface area (Å²) in [5.74, 6) is 0.415. The minimum absolute atomic E-state index is 0.181. The smallest absolute Gasteiger partial charge is 0.223 e. The van der Waals surface area contributed by atoms with Crippen LogP contribution in [0.1, 0.15) is 25.7 Å². The molecule has 3 fully saturated rings. The number of hydrogen-bond acceptors (Lipinski definition) is 4. The molecule has 3 heterocycles. The van der Waals surface area contributed by atoms with E-state index >= 15 is 0 Å². The molecule has 1 amide bonds. The first-order valence-corrected chi connectivity index (χ1v) is 7.67. The van der Waals surface area contributed by atoms with Gasteiger partial charge < -0.3 is 15.4 Å². The lowest BCUT2D eigenvalue weighted by atomic mass is 9.97. The predicted octanol–water partition coefficient (Wildman–Crippen LogP) is -0.0346. The summed E-state index contributed by atoms with van der Waals surface area (Å²) in [6.45, 7) is 5.63. The van der Waals surface area contributed by atoms with Gasteiger partial charge in [-0.15, -0.1) is 0 Å². The Hall–Kier alpha value is -0.650. The van der Waals surface area contributed by atoms with Crippen LogP contribution in [0.3, 0.4) is 0 Å². The molecule has 3 saturated heterocycles. The summed E-state index contributed by atoms with van der Waals surface area (Å²) in [6.07, 6.45) is 4.67. The van der Waals surface area contributed by atoms with Gasteiger partial charge in [0.25, 0.3) is 0 Å². The largest absolute Gasteiger partial charge is 0.373 e. The fourth-order valence-corrected chi connectivity index (χ4v) is 3.45. The third-order valence-corrected chi connectivity index (χ3v) is 4.68. The summed E-state index contributed by atoms with van der Waals surface area (Å²) in [7, 11) is 0. The number of carbonyl (C=O) groups excluding carboxylic acids is 1. The number of amides is 1. The summed E-state index contributed by atoms with van der Waals surface area (Å²) in [6, 6.07) is 0.636. The van der Waals surface area contributed by atoms with Crippen LogP contribution in [-0.2, 0) is 9.53 Å². The molecule has 5 nitrogen and oxygen atoms in total. The molecule has 0 saturated carbocycles. The summed E-state index contributed by atoms with van der Waals surface area (Å²) >= 11 is 0. The molecule has 19 heavy (non-hydrogen) atoms. The van der Waals surface area contributed by atoms with E-state index in [4.69, 9.17) is 4.74 Å². The molecule has 0 radical (unpaired) electrons. The van der Waals surface area contributed by atoms with Crippen LogP contribution in [0.15, 0.2) is 0 Å². The molecule has 0 spiro atoms. The van der Waals surface area contributed by atoms with E-state index in [2.05, 4.69) is 15.5 Å². The van der Waals surface area contributed by atoms with Gasteiger partial charge in [0.2, 0.25) is 5.91 Å². The van der Waals surface area contributed by atoms with Gasteiger partial charge in [-0.3, -0.25) is 9.69 Å². The fourth-order valence-electron chi connectivity index (χ4n) is 3.45. The quantitative estimate of drug-likeness (QED) is 0.754. The van der Waals surface area contributed by atoms with Gasteiger partial charge in [-0.25, -0.2) is 0 Å². The van der Waals surface area contributed by atoms with Crippen molar-refractivity contribution in [1.29, 1.82) is 0 Å². The van der Waals surface area contributed by atoms with Crippen LogP contribution >= 0.6 is 0 Å². The number of carbonyl (C=O) groups is 1. The van der Waals surface area contributed by atoms with Crippen molar-refractivity contribution in [3.63, 3.8) is 0 Å². The van der Waals surface area contributed by atoms with Crippen molar-refractivity contribution < 1.29 is 9.53 Å². The van der Waals surface area contributed by atoms with E-state index in [0.717, 1.165) is 39.1 Å². The Balaban J connectivity index is 1.40. The third-order valence-electron chi connectivity index (χ3n) is 4.68. The molecule has 0 aromatic carbocycles. The van der Waals surface area contributed by atoms with E-state index in [1.807, 2.05) is 0 Å². The summed E-state index contributed by atoms with van der Waals surface area (Å²) in [4.78, 5) is 14.6. The van der Waals surface area contributed by atoms with Crippen molar-refractivity contribution in [2.75, 3.05) is 39.3 Å². The second kappa shape index (κ2) is 6.20. The average molecular weight is 267 g/mol. The first-order chi connectivity index (χ1) is 9.33.